The molecular formula is C31H43N5O3. The lowest BCUT2D eigenvalue weighted by atomic mass is 10.1. The van der Waals surface area contributed by atoms with Crippen LogP contribution in [0.15, 0.2) is 90.5 Å². The van der Waals surface area contributed by atoms with Gasteiger partial charge in [-0.15, -0.1) is 6.58 Å². The number of rotatable bonds is 6. The van der Waals surface area contributed by atoms with Crippen LogP contribution in [0.25, 0.3) is 5.70 Å². The van der Waals surface area contributed by atoms with Crippen LogP contribution in [-0.2, 0) is 9.59 Å². The number of nitrogens with two attached hydrogens (primary N) is 2. The summed E-state index contributed by atoms with van der Waals surface area (Å²) in [4.78, 5) is 28.6. The lowest BCUT2D eigenvalue weighted by Gasteiger charge is -2.25. The summed E-state index contributed by atoms with van der Waals surface area (Å²) in [6.45, 7) is 12.0. The third-order valence-corrected chi connectivity index (χ3v) is 5.55. The van der Waals surface area contributed by atoms with E-state index in [1.807, 2.05) is 66.4 Å². The average molecular weight is 534 g/mol. The van der Waals surface area contributed by atoms with E-state index < -0.39 is 0 Å². The third kappa shape index (κ3) is 11.8. The van der Waals surface area contributed by atoms with E-state index in [4.69, 9.17) is 10.5 Å². The zero-order chi connectivity index (χ0) is 28.9. The summed E-state index contributed by atoms with van der Waals surface area (Å²) in [5, 5.41) is 3.12. The van der Waals surface area contributed by atoms with Gasteiger partial charge in [0.25, 0.3) is 0 Å². The van der Waals surface area contributed by atoms with Gasteiger partial charge in [0.1, 0.15) is 17.3 Å². The van der Waals surface area contributed by atoms with E-state index in [9.17, 15) is 9.59 Å². The Morgan fingerprint density at radius 1 is 0.974 bits per heavy atom. The van der Waals surface area contributed by atoms with Gasteiger partial charge < -0.3 is 26.4 Å². The maximum atomic E-state index is 11.4. The molecule has 39 heavy (non-hydrogen) atoms. The summed E-state index contributed by atoms with van der Waals surface area (Å²) in [6.07, 6.45) is 8.42. The molecule has 8 nitrogen and oxygen atoms in total. The van der Waals surface area contributed by atoms with Crippen molar-refractivity contribution in [3.63, 3.8) is 0 Å². The Labute approximate surface area is 233 Å². The van der Waals surface area contributed by atoms with Crippen LogP contribution in [0.1, 0.15) is 38.2 Å². The van der Waals surface area contributed by atoms with E-state index in [-0.39, 0.29) is 5.91 Å². The van der Waals surface area contributed by atoms with Gasteiger partial charge >= 0.3 is 0 Å². The molecular weight excluding hydrogens is 490 g/mol. The van der Waals surface area contributed by atoms with Gasteiger partial charge in [-0.25, -0.2) is 0 Å². The van der Waals surface area contributed by atoms with E-state index in [0.29, 0.717) is 29.4 Å². The number of hydrogen-bond donors (Lipinski definition) is 3. The van der Waals surface area contributed by atoms with Crippen LogP contribution in [0.3, 0.4) is 0 Å². The SMILES string of the molecule is C=CC.C=CC(=O)N1CCCCC1.CN.N/C(=C(/C=O)C1=NCCCN1)c1ccc(Oc2ccccc2)cc1. The molecule has 2 aromatic rings. The number of aldehydes is 1. The minimum Gasteiger partial charge on any atom is -0.457 e. The lowest BCUT2D eigenvalue weighted by molar-refractivity contribution is -0.126. The van der Waals surface area contributed by atoms with Crippen molar-refractivity contribution in [2.24, 2.45) is 16.5 Å². The predicted octanol–water partition coefficient (Wildman–Crippen LogP) is 4.69. The van der Waals surface area contributed by atoms with Crippen molar-refractivity contribution in [2.75, 3.05) is 33.2 Å². The van der Waals surface area contributed by atoms with E-state index in [1.54, 1.807) is 6.08 Å². The minimum atomic E-state index is 0.0831. The summed E-state index contributed by atoms with van der Waals surface area (Å²) in [5.74, 6) is 2.12. The molecule has 2 aliphatic heterocycles. The van der Waals surface area contributed by atoms with Crippen LogP contribution >= 0.6 is 0 Å². The van der Waals surface area contributed by atoms with E-state index in [0.717, 1.165) is 56.5 Å². The number of ether oxygens (including phenoxy) is 1. The van der Waals surface area contributed by atoms with Gasteiger partial charge in [0.05, 0.1) is 11.3 Å². The molecule has 210 valence electrons. The van der Waals surface area contributed by atoms with Gasteiger partial charge in [0.2, 0.25) is 5.91 Å². The molecule has 5 N–H and O–H groups in total. The zero-order valence-corrected chi connectivity index (χ0v) is 23.3. The largest absolute Gasteiger partial charge is 0.457 e. The first-order valence-corrected chi connectivity index (χ1v) is 13.2. The Bertz CT molecular complexity index is 1070. The van der Waals surface area contributed by atoms with Gasteiger partial charge in [-0.3, -0.25) is 14.6 Å². The molecule has 1 amide bonds. The molecule has 0 bridgehead atoms. The molecule has 0 aromatic heterocycles. The number of nitrogens with one attached hydrogen (secondary N) is 1. The lowest BCUT2D eigenvalue weighted by Crippen LogP contribution is -2.34. The van der Waals surface area contributed by atoms with E-state index in [1.165, 1.54) is 19.5 Å². The van der Waals surface area contributed by atoms with Gasteiger partial charge in [-0.05, 0) is 87.7 Å². The Morgan fingerprint density at radius 2 is 1.56 bits per heavy atom. The van der Waals surface area contributed by atoms with E-state index in [2.05, 4.69) is 29.2 Å². The molecule has 0 aliphatic carbocycles. The molecule has 1 saturated heterocycles. The van der Waals surface area contributed by atoms with Crippen molar-refractivity contribution in [1.82, 2.24) is 10.2 Å². The fourth-order valence-electron chi connectivity index (χ4n) is 3.69. The van der Waals surface area contributed by atoms with Crippen molar-refractivity contribution in [2.45, 2.75) is 32.6 Å². The number of hydrogen-bond acceptors (Lipinski definition) is 7. The Kier molecular flexibility index (Phi) is 16.7. The predicted molar refractivity (Wildman–Crippen MR) is 162 cm³/mol. The van der Waals surface area contributed by atoms with Crippen molar-refractivity contribution in [1.29, 1.82) is 0 Å². The number of carbonyl (C=O) groups is 2. The maximum absolute atomic E-state index is 11.4. The van der Waals surface area contributed by atoms with E-state index >= 15 is 0 Å². The highest BCUT2D eigenvalue weighted by Crippen LogP contribution is 2.23. The molecule has 8 heteroatoms. The Morgan fingerprint density at radius 3 is 2.08 bits per heavy atom. The molecule has 0 radical (unpaired) electrons. The van der Waals surface area contributed by atoms with Crippen molar-refractivity contribution in [3.05, 3.63) is 91.0 Å². The number of allylic oxidation sites excluding steroid dienone is 1. The summed E-state index contributed by atoms with van der Waals surface area (Å²) in [7, 11) is 1.50. The molecule has 2 aliphatic rings. The first-order valence-electron chi connectivity index (χ1n) is 13.2. The number of carbonyl (C=O) groups excluding carboxylic acids is 2. The Balaban J connectivity index is 0.000000421. The second-order valence-electron chi connectivity index (χ2n) is 8.39. The molecule has 0 saturated carbocycles. The van der Waals surface area contributed by atoms with Crippen molar-refractivity contribution < 1.29 is 14.3 Å². The first-order chi connectivity index (χ1) is 19.0. The third-order valence-electron chi connectivity index (χ3n) is 5.55. The van der Waals surface area contributed by atoms with Crippen LogP contribution in [0.4, 0.5) is 0 Å². The normalized spacial score (nSPS) is 14.4. The second-order valence-corrected chi connectivity index (χ2v) is 8.39. The summed E-state index contributed by atoms with van der Waals surface area (Å²) in [5.41, 5.74) is 12.2. The number of likely N-dealkylation sites (tertiary alicyclic amines) is 1. The number of amidine groups is 1. The van der Waals surface area contributed by atoms with Crippen molar-refractivity contribution in [3.8, 4) is 11.5 Å². The maximum Gasteiger partial charge on any atom is 0.245 e. The number of nitrogens with zero attached hydrogens (tertiary/aromatic N) is 2. The average Bonchev–Trinajstić information content (AvgIpc) is 3.01. The number of para-hydroxylation sites is 1. The summed E-state index contributed by atoms with van der Waals surface area (Å²) in [6, 6.07) is 16.9. The topological polar surface area (TPSA) is 123 Å². The molecule has 0 spiro atoms. The van der Waals surface area contributed by atoms with Crippen LogP contribution in [0, 0.1) is 0 Å². The number of piperidine rings is 1. The fraction of sp³-hybridized carbons (Fsp3) is 0.323. The van der Waals surface area contributed by atoms with Crippen LogP contribution in [0.2, 0.25) is 0 Å². The Hall–Kier alpha value is -4.17. The number of benzene rings is 2. The highest BCUT2D eigenvalue weighted by atomic mass is 16.5. The standard InChI is InChI=1S/C19H19N3O2.C8H13NO.C3H6.CH5N/c20-18(17(13-23)19-21-11-4-12-22-19)14-7-9-16(10-8-14)24-15-5-2-1-3-6-15;1-2-8(10)9-6-4-3-5-7-9;1-3-2;1-2/h1-3,5-10,13H,4,11-12,20H2,(H,21,22);2H,1,3-7H2;3H,1H2,2H3;2H2,1H3/b18-17-;;;. The summed E-state index contributed by atoms with van der Waals surface area (Å²) < 4.78 is 5.75. The fourth-order valence-corrected chi connectivity index (χ4v) is 3.69. The molecule has 2 heterocycles. The molecule has 0 atom stereocenters. The first kappa shape index (κ1) is 32.9. The van der Waals surface area contributed by atoms with Gasteiger partial charge in [-0.1, -0.05) is 30.9 Å². The number of amides is 1. The second kappa shape index (κ2) is 19.9. The molecule has 2 aromatic carbocycles. The van der Waals surface area contributed by atoms with Crippen molar-refractivity contribution >= 4 is 23.7 Å². The van der Waals surface area contributed by atoms with Crippen LogP contribution < -0.4 is 21.5 Å². The smallest absolute Gasteiger partial charge is 0.245 e. The summed E-state index contributed by atoms with van der Waals surface area (Å²) >= 11 is 0. The zero-order valence-electron chi connectivity index (χ0n) is 23.3. The molecule has 0 unspecified atom stereocenters. The van der Waals surface area contributed by atoms with Crippen LogP contribution in [-0.4, -0.2) is 56.2 Å². The highest BCUT2D eigenvalue weighted by Gasteiger charge is 2.15. The van der Waals surface area contributed by atoms with Gasteiger partial charge in [-0.2, -0.15) is 0 Å². The molecule has 4 rings (SSSR count). The van der Waals surface area contributed by atoms with Gasteiger partial charge in [0, 0.05) is 26.2 Å². The van der Waals surface area contributed by atoms with Crippen LogP contribution in [0.5, 0.6) is 11.5 Å². The monoisotopic (exact) mass is 533 g/mol. The quantitative estimate of drug-likeness (QED) is 0.281. The van der Waals surface area contributed by atoms with Gasteiger partial charge in [0.15, 0.2) is 6.29 Å². The molecule has 1 fully saturated rings. The highest BCUT2D eigenvalue weighted by molar-refractivity contribution is 6.19. The number of aliphatic imine (C=N–C) groups is 1. The minimum absolute atomic E-state index is 0.0831.